The summed E-state index contributed by atoms with van der Waals surface area (Å²) in [5.74, 6) is -0.156. The SMILES string of the molecule is CC(=O)N(CCc1cccc(Br)c1)CC(=O)Cc1ccc(Cl)cn1. The van der Waals surface area contributed by atoms with Gasteiger partial charge >= 0.3 is 0 Å². The van der Waals surface area contributed by atoms with Crippen molar-refractivity contribution in [2.45, 2.75) is 19.8 Å². The van der Waals surface area contributed by atoms with Crippen molar-refractivity contribution in [1.29, 1.82) is 0 Å². The van der Waals surface area contributed by atoms with Crippen molar-refractivity contribution in [2.24, 2.45) is 0 Å². The van der Waals surface area contributed by atoms with Crippen LogP contribution in [-0.4, -0.2) is 34.7 Å². The van der Waals surface area contributed by atoms with E-state index in [0.717, 1.165) is 10.0 Å². The summed E-state index contributed by atoms with van der Waals surface area (Å²) in [5.41, 5.74) is 1.77. The standard InChI is InChI=1S/C18H18BrClN2O2/c1-13(23)22(8-7-14-3-2-4-15(19)9-14)12-18(24)10-17-6-5-16(20)11-21-17/h2-6,9,11H,7-8,10,12H2,1H3. The average Bonchev–Trinajstić information content (AvgIpc) is 2.53. The summed E-state index contributed by atoms with van der Waals surface area (Å²) in [5, 5.41) is 0.533. The Labute approximate surface area is 155 Å². The largest absolute Gasteiger partial charge is 0.335 e. The zero-order valence-corrected chi connectivity index (χ0v) is 15.7. The third kappa shape index (κ3) is 6.06. The first-order valence-corrected chi connectivity index (χ1v) is 8.73. The first-order valence-electron chi connectivity index (χ1n) is 7.56. The predicted octanol–water partition coefficient (Wildman–Crippen LogP) is 3.70. The number of amides is 1. The molecule has 4 nitrogen and oxygen atoms in total. The molecule has 0 fully saturated rings. The lowest BCUT2D eigenvalue weighted by Gasteiger charge is -2.20. The number of hydrogen-bond donors (Lipinski definition) is 0. The normalized spacial score (nSPS) is 10.5. The van der Waals surface area contributed by atoms with Gasteiger partial charge in [-0.3, -0.25) is 14.6 Å². The van der Waals surface area contributed by atoms with Gasteiger partial charge in [0.25, 0.3) is 0 Å². The highest BCUT2D eigenvalue weighted by Crippen LogP contribution is 2.12. The number of halogens is 2. The molecule has 1 aromatic heterocycles. The van der Waals surface area contributed by atoms with E-state index in [9.17, 15) is 9.59 Å². The quantitative estimate of drug-likeness (QED) is 0.700. The molecule has 2 rings (SSSR count). The van der Waals surface area contributed by atoms with Gasteiger partial charge in [0.05, 0.1) is 18.0 Å². The van der Waals surface area contributed by atoms with E-state index in [1.807, 2.05) is 24.3 Å². The molecule has 2 aromatic rings. The molecular weight excluding hydrogens is 392 g/mol. The van der Waals surface area contributed by atoms with Crippen molar-refractivity contribution in [1.82, 2.24) is 9.88 Å². The van der Waals surface area contributed by atoms with Crippen LogP contribution in [0.25, 0.3) is 0 Å². The number of rotatable bonds is 7. The molecule has 0 bridgehead atoms. The van der Waals surface area contributed by atoms with Gasteiger partial charge in [0, 0.05) is 29.8 Å². The fraction of sp³-hybridized carbons (Fsp3) is 0.278. The summed E-state index contributed by atoms with van der Waals surface area (Å²) < 4.78 is 0.999. The molecule has 0 atom stereocenters. The number of aromatic nitrogens is 1. The van der Waals surface area contributed by atoms with Gasteiger partial charge in [-0.2, -0.15) is 0 Å². The van der Waals surface area contributed by atoms with Crippen LogP contribution in [-0.2, 0) is 22.4 Å². The van der Waals surface area contributed by atoms with Crippen molar-refractivity contribution < 1.29 is 9.59 Å². The number of hydrogen-bond acceptors (Lipinski definition) is 3. The highest BCUT2D eigenvalue weighted by atomic mass is 79.9. The Hall–Kier alpha value is -1.72. The maximum absolute atomic E-state index is 12.2. The Bertz CT molecular complexity index is 719. The van der Waals surface area contributed by atoms with E-state index in [-0.39, 0.29) is 24.7 Å². The summed E-state index contributed by atoms with van der Waals surface area (Å²) in [7, 11) is 0. The zero-order chi connectivity index (χ0) is 17.5. The minimum atomic E-state index is -0.109. The van der Waals surface area contributed by atoms with Crippen LogP contribution in [0.1, 0.15) is 18.2 Å². The third-order valence-corrected chi connectivity index (χ3v) is 4.26. The van der Waals surface area contributed by atoms with Gasteiger partial charge in [0.2, 0.25) is 5.91 Å². The Morgan fingerprint density at radius 1 is 1.25 bits per heavy atom. The first-order chi connectivity index (χ1) is 11.4. The lowest BCUT2D eigenvalue weighted by molar-refractivity contribution is -0.133. The monoisotopic (exact) mass is 408 g/mol. The van der Waals surface area contributed by atoms with Crippen molar-refractivity contribution in [3.63, 3.8) is 0 Å². The molecule has 126 valence electrons. The van der Waals surface area contributed by atoms with E-state index >= 15 is 0 Å². The summed E-state index contributed by atoms with van der Waals surface area (Å²) in [6.07, 6.45) is 2.41. The van der Waals surface area contributed by atoms with Crippen LogP contribution in [0.2, 0.25) is 5.02 Å². The summed E-state index contributed by atoms with van der Waals surface area (Å²) in [4.78, 5) is 29.7. The second-order valence-corrected chi connectivity index (χ2v) is 6.86. The molecule has 6 heteroatoms. The minimum Gasteiger partial charge on any atom is -0.335 e. The van der Waals surface area contributed by atoms with E-state index < -0.39 is 0 Å². The van der Waals surface area contributed by atoms with Gasteiger partial charge in [-0.15, -0.1) is 0 Å². The maximum Gasteiger partial charge on any atom is 0.219 e. The van der Waals surface area contributed by atoms with Crippen LogP contribution >= 0.6 is 27.5 Å². The van der Waals surface area contributed by atoms with Gasteiger partial charge in [0.1, 0.15) is 0 Å². The van der Waals surface area contributed by atoms with Gasteiger partial charge in [-0.1, -0.05) is 39.7 Å². The topological polar surface area (TPSA) is 50.3 Å². The van der Waals surface area contributed by atoms with Crippen LogP contribution in [0.5, 0.6) is 0 Å². The number of Topliss-reactive ketones (excluding diaryl/α,β-unsaturated/α-hetero) is 1. The highest BCUT2D eigenvalue weighted by Gasteiger charge is 2.14. The second kappa shape index (κ2) is 8.94. The number of benzene rings is 1. The lowest BCUT2D eigenvalue weighted by Crippen LogP contribution is -2.36. The molecule has 24 heavy (non-hydrogen) atoms. The average molecular weight is 410 g/mol. The van der Waals surface area contributed by atoms with Crippen molar-refractivity contribution in [2.75, 3.05) is 13.1 Å². The van der Waals surface area contributed by atoms with Crippen LogP contribution < -0.4 is 0 Å². The van der Waals surface area contributed by atoms with Crippen LogP contribution in [0.3, 0.4) is 0 Å². The Balaban J connectivity index is 1.91. The molecule has 1 aromatic carbocycles. The Morgan fingerprint density at radius 2 is 2.04 bits per heavy atom. The molecule has 0 saturated carbocycles. The third-order valence-electron chi connectivity index (χ3n) is 3.54. The van der Waals surface area contributed by atoms with E-state index in [1.54, 1.807) is 17.0 Å². The zero-order valence-electron chi connectivity index (χ0n) is 13.3. The van der Waals surface area contributed by atoms with Crippen molar-refractivity contribution in [3.05, 3.63) is 63.3 Å². The number of pyridine rings is 1. The van der Waals surface area contributed by atoms with Crippen LogP contribution in [0, 0.1) is 0 Å². The molecule has 0 radical (unpaired) electrons. The van der Waals surface area contributed by atoms with Crippen molar-refractivity contribution in [3.8, 4) is 0 Å². The molecule has 0 unspecified atom stereocenters. The molecule has 0 aliphatic carbocycles. The first kappa shape index (κ1) is 18.6. The molecule has 1 heterocycles. The molecule has 0 spiro atoms. The lowest BCUT2D eigenvalue weighted by atomic mass is 10.1. The Morgan fingerprint density at radius 3 is 2.67 bits per heavy atom. The maximum atomic E-state index is 12.2. The van der Waals surface area contributed by atoms with E-state index in [0.29, 0.717) is 23.7 Å². The van der Waals surface area contributed by atoms with Crippen LogP contribution in [0.4, 0.5) is 0 Å². The van der Waals surface area contributed by atoms with Gasteiger partial charge < -0.3 is 4.90 Å². The molecule has 0 aliphatic heterocycles. The second-order valence-electron chi connectivity index (χ2n) is 5.50. The molecule has 0 aliphatic rings. The fourth-order valence-electron chi connectivity index (χ4n) is 2.29. The van der Waals surface area contributed by atoms with Gasteiger partial charge in [-0.05, 0) is 36.2 Å². The van der Waals surface area contributed by atoms with Crippen LogP contribution in [0.15, 0.2) is 47.1 Å². The number of carbonyl (C=O) groups excluding carboxylic acids is 2. The summed E-state index contributed by atoms with van der Waals surface area (Å²) in [6.45, 7) is 2.08. The molecule has 0 N–H and O–H groups in total. The number of carbonyl (C=O) groups is 2. The minimum absolute atomic E-state index is 0.0470. The number of nitrogens with zero attached hydrogens (tertiary/aromatic N) is 2. The smallest absolute Gasteiger partial charge is 0.219 e. The van der Waals surface area contributed by atoms with E-state index in [4.69, 9.17) is 11.6 Å². The molecule has 1 amide bonds. The number of ketones is 1. The fourth-order valence-corrected chi connectivity index (χ4v) is 2.84. The summed E-state index contributed by atoms with van der Waals surface area (Å²) in [6, 6.07) is 11.3. The van der Waals surface area contributed by atoms with Crippen molar-refractivity contribution >= 4 is 39.2 Å². The van der Waals surface area contributed by atoms with Gasteiger partial charge in [0.15, 0.2) is 5.78 Å². The predicted molar refractivity (Wildman–Crippen MR) is 98.1 cm³/mol. The molecular formula is C18H18BrClN2O2. The highest BCUT2D eigenvalue weighted by molar-refractivity contribution is 9.10. The Kier molecular flexibility index (Phi) is 6.94. The summed E-state index contributed by atoms with van der Waals surface area (Å²) >= 11 is 9.21. The van der Waals surface area contributed by atoms with E-state index in [2.05, 4.69) is 20.9 Å². The van der Waals surface area contributed by atoms with E-state index in [1.165, 1.54) is 13.1 Å². The van der Waals surface area contributed by atoms with Gasteiger partial charge in [-0.25, -0.2) is 0 Å². The molecule has 0 saturated heterocycles.